The number of hydrogen-bond acceptors (Lipinski definition) is 6. The minimum absolute atomic E-state index is 0.0765. The quantitative estimate of drug-likeness (QED) is 0.188. The Morgan fingerprint density at radius 3 is 2.00 bits per heavy atom. The summed E-state index contributed by atoms with van der Waals surface area (Å²) in [6.45, 7) is 3.20. The van der Waals surface area contributed by atoms with Gasteiger partial charge in [-0.15, -0.1) is 0 Å². The van der Waals surface area contributed by atoms with Gasteiger partial charge in [-0.2, -0.15) is 26.3 Å². The molecule has 3 atom stereocenters. The molecule has 2 fully saturated rings. The van der Waals surface area contributed by atoms with E-state index in [0.29, 0.717) is 49.8 Å². The summed E-state index contributed by atoms with van der Waals surface area (Å²) in [7, 11) is -1.72. The lowest BCUT2D eigenvalue weighted by Crippen LogP contribution is -2.50. The van der Waals surface area contributed by atoms with Gasteiger partial charge in [0.2, 0.25) is 5.91 Å². The summed E-state index contributed by atoms with van der Waals surface area (Å²) in [4.78, 5) is 26.9. The summed E-state index contributed by atoms with van der Waals surface area (Å²) in [5, 5.41) is 0. The van der Waals surface area contributed by atoms with E-state index in [2.05, 4.69) is 0 Å². The second-order valence-electron chi connectivity index (χ2n) is 12.8. The van der Waals surface area contributed by atoms with Crippen molar-refractivity contribution in [3.05, 3.63) is 65.2 Å². The molecule has 2 aromatic carbocycles. The van der Waals surface area contributed by atoms with Crippen LogP contribution in [0.4, 0.5) is 30.7 Å². The van der Waals surface area contributed by atoms with Crippen molar-refractivity contribution in [3.63, 3.8) is 0 Å². The Balaban J connectivity index is 1.79. The number of halogens is 7. The number of methoxy groups -OCH3 is 2. The van der Waals surface area contributed by atoms with Gasteiger partial charge in [0.1, 0.15) is 4.75 Å². The SMILES string of the molecule is CCC(c1cccc(S(=O)(=O)C2(c3ccc(C(F)(C(F)(F)F)C(F)(F)F)cc3)CCN(C(=O)C3CCC(C(=O)OC)CC3)C2)c1)C(C)OC. The third-order valence-electron chi connectivity index (χ3n) is 10.2. The molecule has 0 bridgehead atoms. The molecule has 1 amide bonds. The average molecular weight is 724 g/mol. The molecule has 7 nitrogen and oxygen atoms in total. The number of ether oxygens (including phenoxy) is 2. The fraction of sp³-hybridized carbons (Fsp3) is 0.588. The first kappa shape index (κ1) is 38.6. The van der Waals surface area contributed by atoms with Crippen LogP contribution in [0.15, 0.2) is 53.4 Å². The molecule has 0 spiro atoms. The van der Waals surface area contributed by atoms with E-state index in [9.17, 15) is 48.7 Å². The Kier molecular flexibility index (Phi) is 11.2. The van der Waals surface area contributed by atoms with Crippen LogP contribution in [-0.2, 0) is 39.3 Å². The molecule has 1 aliphatic carbocycles. The molecule has 49 heavy (non-hydrogen) atoms. The van der Waals surface area contributed by atoms with Gasteiger partial charge in [-0.1, -0.05) is 43.3 Å². The Morgan fingerprint density at radius 2 is 1.49 bits per heavy atom. The Morgan fingerprint density at radius 1 is 0.918 bits per heavy atom. The molecule has 1 saturated carbocycles. The third-order valence-corrected chi connectivity index (χ3v) is 12.7. The van der Waals surface area contributed by atoms with Crippen LogP contribution in [0.25, 0.3) is 0 Å². The van der Waals surface area contributed by atoms with Crippen LogP contribution < -0.4 is 0 Å². The molecule has 2 aliphatic rings. The van der Waals surface area contributed by atoms with Crippen LogP contribution in [0.3, 0.4) is 0 Å². The van der Waals surface area contributed by atoms with Gasteiger partial charge < -0.3 is 14.4 Å². The lowest BCUT2D eigenvalue weighted by Gasteiger charge is -2.33. The Bertz CT molecular complexity index is 1590. The van der Waals surface area contributed by atoms with E-state index in [-0.39, 0.29) is 53.2 Å². The highest BCUT2D eigenvalue weighted by Crippen LogP contribution is 2.54. The normalized spacial score (nSPS) is 23.6. The van der Waals surface area contributed by atoms with E-state index >= 15 is 0 Å². The molecule has 0 radical (unpaired) electrons. The monoisotopic (exact) mass is 723 g/mol. The van der Waals surface area contributed by atoms with Crippen molar-refractivity contribution in [1.82, 2.24) is 4.90 Å². The third kappa shape index (κ3) is 6.93. The standard InChI is InChI=1S/C34H40F7NO6S/c1-5-28(21(2)47-3)24-7-6-8-27(19-24)49(45,46)31(25-13-15-26(16-14-25)32(35,33(36,37)38)34(39,40)41)17-18-42(20-31)29(43)22-9-11-23(12-10-22)30(44)48-4/h6-8,13-16,19,21-23,28H,5,9-12,17-18,20H2,1-4H3. The minimum atomic E-state index is -6.35. The molecule has 1 heterocycles. The van der Waals surface area contributed by atoms with Crippen molar-refractivity contribution in [2.24, 2.45) is 11.8 Å². The van der Waals surface area contributed by atoms with Crippen molar-refractivity contribution in [2.75, 3.05) is 27.3 Å². The first-order valence-corrected chi connectivity index (χ1v) is 17.4. The van der Waals surface area contributed by atoms with Gasteiger partial charge in [-0.3, -0.25) is 9.59 Å². The molecule has 15 heteroatoms. The molecule has 2 aromatic rings. The topological polar surface area (TPSA) is 90.0 Å². The van der Waals surface area contributed by atoms with Crippen LogP contribution in [0.1, 0.15) is 75.0 Å². The van der Waals surface area contributed by atoms with E-state index in [4.69, 9.17) is 9.47 Å². The van der Waals surface area contributed by atoms with Gasteiger partial charge in [0, 0.05) is 37.6 Å². The summed E-state index contributed by atoms with van der Waals surface area (Å²) in [6, 6.07) is 8.21. The number of carbonyl (C=O) groups is 2. The van der Waals surface area contributed by atoms with Crippen molar-refractivity contribution in [3.8, 4) is 0 Å². The van der Waals surface area contributed by atoms with Gasteiger partial charge in [-0.25, -0.2) is 12.8 Å². The smallest absolute Gasteiger partial charge is 0.435 e. The van der Waals surface area contributed by atoms with E-state index in [1.807, 2.05) is 13.8 Å². The zero-order valence-corrected chi connectivity index (χ0v) is 28.4. The van der Waals surface area contributed by atoms with Gasteiger partial charge in [-0.05, 0) is 68.7 Å². The van der Waals surface area contributed by atoms with Gasteiger partial charge in [0.05, 0.1) is 24.0 Å². The van der Waals surface area contributed by atoms with Gasteiger partial charge in [0.15, 0.2) is 9.84 Å². The molecule has 3 unspecified atom stereocenters. The maximum absolute atomic E-state index is 14.9. The summed E-state index contributed by atoms with van der Waals surface area (Å²) in [5.74, 6) is -1.87. The first-order valence-electron chi connectivity index (χ1n) is 16.0. The average Bonchev–Trinajstić information content (AvgIpc) is 3.54. The Labute approximate surface area is 281 Å². The highest BCUT2D eigenvalue weighted by atomic mass is 32.2. The van der Waals surface area contributed by atoms with E-state index in [1.54, 1.807) is 6.07 Å². The van der Waals surface area contributed by atoms with Crippen molar-refractivity contribution in [2.45, 2.75) is 92.1 Å². The zero-order valence-electron chi connectivity index (χ0n) is 27.5. The van der Waals surface area contributed by atoms with Crippen molar-refractivity contribution in [1.29, 1.82) is 0 Å². The lowest BCUT2D eigenvalue weighted by atomic mass is 9.81. The molecular weight excluding hydrogens is 683 g/mol. The number of hydrogen-bond donors (Lipinski definition) is 0. The molecule has 4 rings (SSSR count). The van der Waals surface area contributed by atoms with Crippen LogP contribution >= 0.6 is 0 Å². The number of rotatable bonds is 10. The fourth-order valence-corrected chi connectivity index (χ4v) is 9.35. The second kappa shape index (κ2) is 14.2. The molecule has 0 N–H and O–H groups in total. The minimum Gasteiger partial charge on any atom is -0.469 e. The van der Waals surface area contributed by atoms with Crippen LogP contribution in [0.5, 0.6) is 0 Å². The molecule has 1 saturated heterocycles. The molecule has 0 aromatic heterocycles. The van der Waals surface area contributed by atoms with Gasteiger partial charge in [0.25, 0.3) is 0 Å². The van der Waals surface area contributed by atoms with Gasteiger partial charge >= 0.3 is 24.0 Å². The van der Waals surface area contributed by atoms with Crippen LogP contribution in [0.2, 0.25) is 0 Å². The summed E-state index contributed by atoms with van der Waals surface area (Å²) in [6.07, 6.45) is -11.2. The van der Waals surface area contributed by atoms with E-state index in [0.717, 1.165) is 12.1 Å². The largest absolute Gasteiger partial charge is 0.469 e. The Hall–Kier alpha value is -3.20. The molecule has 272 valence electrons. The molecule has 1 aliphatic heterocycles. The fourth-order valence-electron chi connectivity index (χ4n) is 7.21. The number of benzene rings is 2. The first-order chi connectivity index (χ1) is 22.8. The van der Waals surface area contributed by atoms with Crippen LogP contribution in [-0.4, -0.2) is 71.0 Å². The summed E-state index contributed by atoms with van der Waals surface area (Å²) < 4.78 is 134. The number of alkyl halides is 7. The predicted molar refractivity (Wildman–Crippen MR) is 165 cm³/mol. The number of nitrogens with zero attached hydrogens (tertiary/aromatic N) is 1. The van der Waals surface area contributed by atoms with E-state index < -0.39 is 50.6 Å². The number of esters is 1. The maximum Gasteiger partial charge on any atom is 0.435 e. The maximum atomic E-state index is 14.9. The number of amides is 1. The predicted octanol–water partition coefficient (Wildman–Crippen LogP) is 7.39. The number of likely N-dealkylation sites (tertiary alicyclic amines) is 1. The van der Waals surface area contributed by atoms with Crippen molar-refractivity contribution >= 4 is 21.7 Å². The van der Waals surface area contributed by atoms with Crippen molar-refractivity contribution < 1.29 is 58.2 Å². The summed E-state index contributed by atoms with van der Waals surface area (Å²) in [5.41, 5.74) is -7.00. The molecular formula is C34H40F7NO6S. The lowest BCUT2D eigenvalue weighted by molar-refractivity contribution is -0.348. The second-order valence-corrected chi connectivity index (χ2v) is 15.1. The summed E-state index contributed by atoms with van der Waals surface area (Å²) >= 11 is 0. The highest BCUT2D eigenvalue weighted by Gasteiger charge is 2.73. The number of carbonyl (C=O) groups excluding carboxylic acids is 2. The van der Waals surface area contributed by atoms with E-state index in [1.165, 1.54) is 37.3 Å². The number of sulfone groups is 1. The van der Waals surface area contributed by atoms with Crippen LogP contribution in [0, 0.1) is 11.8 Å². The zero-order chi connectivity index (χ0) is 36.6. The highest BCUT2D eigenvalue weighted by molar-refractivity contribution is 7.92.